The Morgan fingerprint density at radius 3 is 2.65 bits per heavy atom. The lowest BCUT2D eigenvalue weighted by Crippen LogP contribution is -2.67. The minimum absolute atomic E-state index is 0.0550. The highest BCUT2D eigenvalue weighted by atomic mass is 32.2. The van der Waals surface area contributed by atoms with Crippen molar-refractivity contribution in [1.29, 1.82) is 0 Å². The monoisotopic (exact) mass is 966 g/mol. The van der Waals surface area contributed by atoms with Crippen LogP contribution in [0.4, 0.5) is 10.6 Å². The fraction of sp³-hybridized carbons (Fsp3) is 0.750. The van der Waals surface area contributed by atoms with E-state index in [2.05, 4.69) is 37.2 Å². The van der Waals surface area contributed by atoms with Crippen LogP contribution in [0.25, 0.3) is 11.2 Å². The van der Waals surface area contributed by atoms with Crippen LogP contribution in [-0.4, -0.2) is 149 Å². The molecule has 2 aromatic heterocycles. The zero-order valence-corrected chi connectivity index (χ0v) is 40.1. The molecule has 2 aromatic rings. The molecule has 3 unspecified atom stereocenters. The van der Waals surface area contributed by atoms with Gasteiger partial charge in [0.05, 0.1) is 24.1 Å². The van der Waals surface area contributed by atoms with Crippen molar-refractivity contribution in [2.45, 2.75) is 159 Å². The molecule has 8 rings (SSSR count). The first-order chi connectivity index (χ1) is 32.7. The zero-order valence-electron chi connectivity index (χ0n) is 39.2. The van der Waals surface area contributed by atoms with Crippen LogP contribution >= 0.6 is 11.8 Å². The normalized spacial score (nSPS) is 36.1. The Morgan fingerprint density at radius 2 is 1.85 bits per heavy atom. The summed E-state index contributed by atoms with van der Waals surface area (Å²) in [6.45, 7) is 5.87. The fourth-order valence-corrected chi connectivity index (χ4v) is 13.8. The van der Waals surface area contributed by atoms with Gasteiger partial charge in [-0.15, -0.1) is 0 Å². The topological polar surface area (TPSA) is 286 Å². The number of nitrogens with one attached hydrogen (secondary N) is 1. The van der Waals surface area contributed by atoms with E-state index < -0.39 is 53.7 Å². The summed E-state index contributed by atoms with van der Waals surface area (Å²) in [5.74, 6) is 0.327. The van der Waals surface area contributed by atoms with E-state index in [-0.39, 0.29) is 54.4 Å². The quantitative estimate of drug-likeness (QED) is 0.0549. The number of carbonyl (C=O) groups is 3. The van der Waals surface area contributed by atoms with Gasteiger partial charge in [0.1, 0.15) is 37.3 Å². The highest BCUT2D eigenvalue weighted by Gasteiger charge is 2.71. The van der Waals surface area contributed by atoms with E-state index in [1.807, 2.05) is 13.1 Å². The molecular weight excluding hydrogens is 897 g/mol. The predicted molar refractivity (Wildman–Crippen MR) is 253 cm³/mol. The van der Waals surface area contributed by atoms with Crippen LogP contribution in [0.2, 0.25) is 0 Å². The van der Waals surface area contributed by atoms with E-state index in [0.717, 1.165) is 76.2 Å². The number of cyclic esters (lactones) is 1. The second-order valence-electron chi connectivity index (χ2n) is 20.4. The lowest BCUT2D eigenvalue weighted by molar-refractivity contribution is -0.244. The first-order valence-electron chi connectivity index (χ1n) is 24.6. The Labute approximate surface area is 401 Å². The molecule has 14 atom stereocenters. The molecule has 8 N–H and O–H groups in total. The number of imidazole rings is 1. The molecule has 20 heteroatoms. The highest BCUT2D eigenvalue weighted by molar-refractivity contribution is 7.99. The molecule has 2 aliphatic heterocycles. The van der Waals surface area contributed by atoms with E-state index in [0.29, 0.717) is 66.8 Å². The number of alkyl carbamates (subject to hydrolysis) is 1. The third-order valence-electron chi connectivity index (χ3n) is 16.7. The van der Waals surface area contributed by atoms with Crippen molar-refractivity contribution < 1.29 is 54.1 Å². The van der Waals surface area contributed by atoms with Crippen LogP contribution < -0.4 is 11.1 Å². The molecule has 4 heterocycles. The number of esters is 1. The van der Waals surface area contributed by atoms with Gasteiger partial charge in [0, 0.05) is 36.5 Å². The predicted octanol–water partition coefficient (Wildman–Crippen LogP) is 4.42. The molecule has 0 spiro atoms. The summed E-state index contributed by atoms with van der Waals surface area (Å²) >= 11 is 1.39. The number of ether oxygens (including phenoxy) is 3. The Bertz CT molecular complexity index is 2210. The number of fused-ring (bicyclic) bond motifs is 6. The number of nitrogens with two attached hydrogens (primary N) is 1. The van der Waals surface area contributed by atoms with Crippen molar-refractivity contribution in [3.63, 3.8) is 0 Å². The number of hydrogen-bond donors (Lipinski definition) is 7. The lowest BCUT2D eigenvalue weighted by atomic mass is 9.42. The van der Waals surface area contributed by atoms with Gasteiger partial charge in [0.15, 0.2) is 23.2 Å². The molecule has 1 saturated heterocycles. The minimum Gasteiger partial charge on any atom is -0.480 e. The third-order valence-corrected chi connectivity index (χ3v) is 17.8. The van der Waals surface area contributed by atoms with Crippen LogP contribution in [0.5, 0.6) is 0 Å². The van der Waals surface area contributed by atoms with E-state index in [9.17, 15) is 34.8 Å². The number of carboxylic acid groups (broad SMARTS) is 1. The van der Waals surface area contributed by atoms with Crippen molar-refractivity contribution in [1.82, 2.24) is 24.8 Å². The number of unbranched alkanes of at least 4 members (excludes halogenated alkanes) is 4. The number of carboxylic acids is 1. The van der Waals surface area contributed by atoms with Gasteiger partial charge in [0.2, 0.25) is 0 Å². The first kappa shape index (κ1) is 50.3. The van der Waals surface area contributed by atoms with Crippen LogP contribution in [0.1, 0.15) is 116 Å². The first-order valence-corrected chi connectivity index (χ1v) is 25.8. The van der Waals surface area contributed by atoms with Gasteiger partial charge in [-0.1, -0.05) is 13.8 Å². The zero-order chi connectivity index (χ0) is 48.2. The number of rotatable bonds is 20. The van der Waals surface area contributed by atoms with Crippen molar-refractivity contribution in [2.24, 2.45) is 50.2 Å². The average Bonchev–Trinajstić information content (AvgIpc) is 4.08. The van der Waals surface area contributed by atoms with Gasteiger partial charge in [-0.3, -0.25) is 14.4 Å². The fourth-order valence-electron chi connectivity index (χ4n) is 12.7. The molecule has 0 radical (unpaired) electrons. The van der Waals surface area contributed by atoms with Crippen molar-refractivity contribution in [2.75, 3.05) is 31.2 Å². The molecule has 0 aromatic carbocycles. The summed E-state index contributed by atoms with van der Waals surface area (Å²) < 4.78 is 18.7. The maximum Gasteiger partial charge on any atom is 0.407 e. The number of nitrogens with zero attached hydrogens (tertiary/aromatic N) is 6. The molecule has 374 valence electrons. The second kappa shape index (κ2) is 21.5. The number of aliphatic hydroxyl groups excluding tert-OH is 3. The van der Waals surface area contributed by atoms with Crippen LogP contribution in [-0.2, 0) is 23.8 Å². The van der Waals surface area contributed by atoms with Gasteiger partial charge in [-0.05, 0) is 143 Å². The minimum atomic E-state index is -1.23. The summed E-state index contributed by atoms with van der Waals surface area (Å²) in [6, 6.07) is -0.956. The average molecular weight is 967 g/mol. The highest BCUT2D eigenvalue weighted by Crippen LogP contribution is 2.70. The molecule has 19 nitrogen and oxygen atoms in total. The number of aliphatic hydroxyl groups is 4. The van der Waals surface area contributed by atoms with Crippen LogP contribution in [0, 0.1) is 34.5 Å². The summed E-state index contributed by atoms with van der Waals surface area (Å²) in [5, 5.41) is 57.7. The lowest BCUT2D eigenvalue weighted by Gasteiger charge is -2.65. The second-order valence-corrected chi connectivity index (χ2v) is 21.5. The Balaban J connectivity index is 0.687. The maximum atomic E-state index is 12.8. The summed E-state index contributed by atoms with van der Waals surface area (Å²) in [5.41, 5.74) is 5.52. The van der Waals surface area contributed by atoms with Gasteiger partial charge in [0.25, 0.3) is 0 Å². The number of aliphatic carboxylic acids is 1. The van der Waals surface area contributed by atoms with Crippen molar-refractivity contribution >= 4 is 59.2 Å². The number of carbonyl (C=O) groups excluding carboxylic acids is 2. The summed E-state index contributed by atoms with van der Waals surface area (Å²) in [7, 11) is 0. The number of aliphatic imine (C=N–C) groups is 2. The third kappa shape index (κ3) is 10.1. The van der Waals surface area contributed by atoms with Gasteiger partial charge < -0.3 is 50.8 Å². The molecule has 5 fully saturated rings. The molecule has 6 aliphatic rings. The molecule has 68 heavy (non-hydrogen) atoms. The van der Waals surface area contributed by atoms with E-state index in [1.165, 1.54) is 24.4 Å². The molecular formula is C48H70N8O11S. The Morgan fingerprint density at radius 1 is 1.03 bits per heavy atom. The van der Waals surface area contributed by atoms with E-state index in [1.54, 1.807) is 16.9 Å². The SMILES string of the molecule is C[C@]12CC[C@@H](OC(=O)NCCCCC/N=C/CCC/C=N\c3ncnc4c3ncn4C3O[C@H](CSCC[C@H](N)C(=O)O)[C@@H](O)C3O)C[C@H]1CCC1[C@@H]2C[C@@H](O)[C@]2(C)[C@@H](C3=CC(=O)OC3)CC[C@]12O. The van der Waals surface area contributed by atoms with Gasteiger partial charge >= 0.3 is 18.0 Å². The number of amides is 1. The van der Waals surface area contributed by atoms with Crippen LogP contribution in [0.15, 0.2) is 34.3 Å². The summed E-state index contributed by atoms with van der Waals surface area (Å²) in [4.78, 5) is 57.8. The molecule has 4 saturated carbocycles. The number of aromatic nitrogens is 4. The number of hydrogen-bond acceptors (Lipinski definition) is 17. The Hall–Kier alpha value is -4.05. The molecule has 0 bridgehead atoms. The smallest absolute Gasteiger partial charge is 0.407 e. The van der Waals surface area contributed by atoms with Gasteiger partial charge in [-0.25, -0.2) is 29.5 Å². The Kier molecular flexibility index (Phi) is 15.9. The van der Waals surface area contributed by atoms with Gasteiger partial charge in [-0.2, -0.15) is 11.8 Å². The number of thioether (sulfide) groups is 1. The van der Waals surface area contributed by atoms with Crippen molar-refractivity contribution in [3.8, 4) is 0 Å². The van der Waals surface area contributed by atoms with Crippen LogP contribution in [0.3, 0.4) is 0 Å². The van der Waals surface area contributed by atoms with E-state index in [4.69, 9.17) is 25.1 Å². The van der Waals surface area contributed by atoms with E-state index >= 15 is 0 Å². The standard InChI is InChI=1S/C48H70N8O11S/c1-46-14-11-30(22-29(46)9-10-32-33(46)23-36(57)47(2)31(12-15-48(32,47)64)28-21-37(58)65-24-28)66-45(63)52-19-8-4-6-17-50-16-5-3-7-18-51-41-38-42(54-26-53-41)56(27-55-38)43-40(60)39(59)35(67-43)25-68-20-13-34(49)44(61)62/h16,18,21,26-27,29-36,39-40,43,57,59-60,64H,3-15,17,19-20,22-25,49H2,1-2H3,(H,52,63)(H,61,62)/b50-16+,51-18-/t29-,30-,31-,32?,33+,34+,35-,36-,39-,40?,43?,46+,47+,48+/m1/s1. The largest absolute Gasteiger partial charge is 0.480 e. The van der Waals surface area contributed by atoms with Crippen molar-refractivity contribution in [3.05, 3.63) is 24.3 Å². The maximum absolute atomic E-state index is 12.8. The molecule has 4 aliphatic carbocycles. The molecule has 1 amide bonds. The summed E-state index contributed by atoms with van der Waals surface area (Å²) in [6.07, 6.45) is 14.5.